The minimum absolute atomic E-state index is 0. The molecular weight excluding hydrogens is 280 g/mol. The molecule has 2 rings (SSSR count). The highest BCUT2D eigenvalue weighted by atomic mass is 35.5. The first kappa shape index (κ1) is 17.0. The van der Waals surface area contributed by atoms with E-state index in [0.29, 0.717) is 31.2 Å². The normalized spacial score (nSPS) is 21.4. The van der Waals surface area contributed by atoms with Crippen molar-refractivity contribution >= 4 is 18.3 Å². The van der Waals surface area contributed by atoms with E-state index in [4.69, 9.17) is 14.9 Å². The molecule has 2 N–H and O–H groups in total. The summed E-state index contributed by atoms with van der Waals surface area (Å²) < 4.78 is 10.5. The third-order valence-electron chi connectivity index (χ3n) is 3.76. The number of likely N-dealkylation sites (tertiary alicyclic amines) is 1. The molecule has 2 heterocycles. The third-order valence-corrected chi connectivity index (χ3v) is 3.76. The fourth-order valence-electron chi connectivity index (χ4n) is 2.42. The van der Waals surface area contributed by atoms with Crippen LogP contribution in [0.3, 0.4) is 0 Å². The third kappa shape index (κ3) is 3.53. The highest BCUT2D eigenvalue weighted by molar-refractivity contribution is 5.91. The van der Waals surface area contributed by atoms with Crippen LogP contribution < -0.4 is 5.73 Å². The maximum atomic E-state index is 12.4. The number of carbonyl (C=O) groups excluding carboxylic acids is 1. The van der Waals surface area contributed by atoms with Gasteiger partial charge in [0.25, 0.3) is 5.91 Å². The molecule has 114 valence electrons. The maximum Gasteiger partial charge on any atom is 0.289 e. The number of nitrogens with zero attached hydrogens (tertiary/aromatic N) is 1. The molecule has 0 saturated carbocycles. The van der Waals surface area contributed by atoms with Crippen molar-refractivity contribution in [3.63, 3.8) is 0 Å². The molecule has 1 aliphatic heterocycles. The number of piperidine rings is 1. The summed E-state index contributed by atoms with van der Waals surface area (Å²) in [6.45, 7) is 5.91. The Balaban J connectivity index is 0.00000200. The second-order valence-corrected chi connectivity index (χ2v) is 5.81. The van der Waals surface area contributed by atoms with E-state index in [1.165, 1.54) is 0 Å². The Kier molecular flexibility index (Phi) is 5.62. The van der Waals surface area contributed by atoms with Crippen molar-refractivity contribution in [2.75, 3.05) is 20.2 Å². The molecule has 1 atom stereocenters. The molecule has 0 spiro atoms. The van der Waals surface area contributed by atoms with Gasteiger partial charge in [-0.15, -0.1) is 12.4 Å². The number of rotatable bonds is 3. The Morgan fingerprint density at radius 3 is 2.85 bits per heavy atom. The van der Waals surface area contributed by atoms with Gasteiger partial charge < -0.3 is 19.8 Å². The van der Waals surface area contributed by atoms with E-state index in [9.17, 15) is 4.79 Å². The quantitative estimate of drug-likeness (QED) is 0.928. The summed E-state index contributed by atoms with van der Waals surface area (Å²) in [7, 11) is 1.60. The molecule has 0 aliphatic carbocycles. The number of amides is 1. The molecule has 20 heavy (non-hydrogen) atoms. The van der Waals surface area contributed by atoms with E-state index in [2.05, 4.69) is 13.8 Å². The van der Waals surface area contributed by atoms with Crippen LogP contribution in [-0.4, -0.2) is 37.0 Å². The standard InChI is InChI=1S/C14H22N2O3.ClH/c1-14(2)9-16(7-6-12(14)15)13(17)11-5-4-10(19-11)8-18-3;/h4-5,12H,6-9,15H2,1-3H3;1H. The molecule has 1 saturated heterocycles. The van der Waals surface area contributed by atoms with Gasteiger partial charge in [0.15, 0.2) is 5.76 Å². The van der Waals surface area contributed by atoms with E-state index in [1.54, 1.807) is 19.2 Å². The number of halogens is 1. The average Bonchev–Trinajstić information content (AvgIpc) is 2.81. The highest BCUT2D eigenvalue weighted by Gasteiger charge is 2.36. The number of furan rings is 1. The summed E-state index contributed by atoms with van der Waals surface area (Å²) in [5.41, 5.74) is 6.02. The lowest BCUT2D eigenvalue weighted by Gasteiger charge is -2.42. The highest BCUT2D eigenvalue weighted by Crippen LogP contribution is 2.28. The second-order valence-electron chi connectivity index (χ2n) is 5.81. The van der Waals surface area contributed by atoms with Crippen LogP contribution in [0.1, 0.15) is 36.6 Å². The van der Waals surface area contributed by atoms with Gasteiger partial charge in [-0.25, -0.2) is 0 Å². The van der Waals surface area contributed by atoms with Crippen molar-refractivity contribution in [1.29, 1.82) is 0 Å². The summed E-state index contributed by atoms with van der Waals surface area (Å²) >= 11 is 0. The van der Waals surface area contributed by atoms with Gasteiger partial charge in [-0.05, 0) is 24.0 Å². The van der Waals surface area contributed by atoms with Crippen LogP contribution in [0.15, 0.2) is 16.5 Å². The minimum Gasteiger partial charge on any atom is -0.453 e. The van der Waals surface area contributed by atoms with Gasteiger partial charge in [0, 0.05) is 26.2 Å². The van der Waals surface area contributed by atoms with Crippen LogP contribution in [0.4, 0.5) is 0 Å². The molecule has 6 heteroatoms. The predicted octanol–water partition coefficient (Wildman–Crippen LogP) is 2.05. The number of hydrogen-bond donors (Lipinski definition) is 1. The Morgan fingerprint density at radius 1 is 1.55 bits per heavy atom. The zero-order chi connectivity index (χ0) is 14.0. The van der Waals surface area contributed by atoms with Crippen molar-refractivity contribution in [1.82, 2.24) is 4.90 Å². The first-order valence-electron chi connectivity index (χ1n) is 6.56. The van der Waals surface area contributed by atoms with Crippen molar-refractivity contribution in [3.8, 4) is 0 Å². The van der Waals surface area contributed by atoms with Crippen molar-refractivity contribution in [2.45, 2.75) is 32.9 Å². The Bertz CT molecular complexity index is 459. The minimum atomic E-state index is -0.0673. The second kappa shape index (κ2) is 6.61. The van der Waals surface area contributed by atoms with Crippen LogP contribution in [0.2, 0.25) is 0 Å². The summed E-state index contributed by atoms with van der Waals surface area (Å²) in [5, 5.41) is 0. The summed E-state index contributed by atoms with van der Waals surface area (Å²) in [4.78, 5) is 14.2. The Labute approximate surface area is 125 Å². The van der Waals surface area contributed by atoms with Gasteiger partial charge in [-0.1, -0.05) is 13.8 Å². The van der Waals surface area contributed by atoms with Gasteiger partial charge in [-0.2, -0.15) is 0 Å². The average molecular weight is 303 g/mol. The Morgan fingerprint density at radius 2 is 2.25 bits per heavy atom. The lowest BCUT2D eigenvalue weighted by Crippen LogP contribution is -2.53. The topological polar surface area (TPSA) is 68.7 Å². The smallest absolute Gasteiger partial charge is 0.289 e. The Hall–Kier alpha value is -1.04. The molecule has 1 fully saturated rings. The summed E-state index contributed by atoms with van der Waals surface area (Å²) in [5.74, 6) is 0.972. The number of methoxy groups -OCH3 is 1. The monoisotopic (exact) mass is 302 g/mol. The molecule has 1 amide bonds. The van der Waals surface area contributed by atoms with Crippen LogP contribution in [0, 0.1) is 5.41 Å². The van der Waals surface area contributed by atoms with Crippen molar-refractivity contribution in [2.24, 2.45) is 11.1 Å². The zero-order valence-corrected chi connectivity index (χ0v) is 13.0. The predicted molar refractivity (Wildman–Crippen MR) is 78.9 cm³/mol. The van der Waals surface area contributed by atoms with E-state index in [1.807, 2.05) is 4.90 Å². The molecule has 1 aromatic rings. The van der Waals surface area contributed by atoms with E-state index in [0.717, 1.165) is 6.42 Å². The van der Waals surface area contributed by atoms with Gasteiger partial charge in [0.2, 0.25) is 0 Å². The van der Waals surface area contributed by atoms with Crippen LogP contribution in [0.5, 0.6) is 0 Å². The number of ether oxygens (including phenoxy) is 1. The first-order valence-corrected chi connectivity index (χ1v) is 6.56. The largest absolute Gasteiger partial charge is 0.453 e. The number of nitrogens with two attached hydrogens (primary N) is 1. The lowest BCUT2D eigenvalue weighted by atomic mass is 9.79. The van der Waals surface area contributed by atoms with Gasteiger partial charge in [-0.3, -0.25) is 4.79 Å². The zero-order valence-electron chi connectivity index (χ0n) is 12.2. The van der Waals surface area contributed by atoms with E-state index >= 15 is 0 Å². The molecule has 1 aromatic heterocycles. The van der Waals surface area contributed by atoms with E-state index in [-0.39, 0.29) is 29.8 Å². The molecule has 0 aromatic carbocycles. The molecule has 0 bridgehead atoms. The number of carbonyl (C=O) groups is 1. The number of hydrogen-bond acceptors (Lipinski definition) is 4. The maximum absolute atomic E-state index is 12.4. The summed E-state index contributed by atoms with van der Waals surface area (Å²) in [6, 6.07) is 3.62. The molecule has 1 aliphatic rings. The van der Waals surface area contributed by atoms with Crippen LogP contribution in [-0.2, 0) is 11.3 Å². The molecular formula is C14H23ClN2O3. The van der Waals surface area contributed by atoms with Crippen LogP contribution >= 0.6 is 12.4 Å². The lowest BCUT2D eigenvalue weighted by molar-refractivity contribution is 0.0498. The van der Waals surface area contributed by atoms with Crippen LogP contribution in [0.25, 0.3) is 0 Å². The fraction of sp³-hybridized carbons (Fsp3) is 0.643. The van der Waals surface area contributed by atoms with Crippen molar-refractivity contribution in [3.05, 3.63) is 23.7 Å². The van der Waals surface area contributed by atoms with Crippen molar-refractivity contribution < 1.29 is 13.9 Å². The SMILES string of the molecule is COCc1ccc(C(=O)N2CCC(N)C(C)(C)C2)o1.Cl. The van der Waals surface area contributed by atoms with Gasteiger partial charge in [0.1, 0.15) is 12.4 Å². The van der Waals surface area contributed by atoms with Gasteiger partial charge >= 0.3 is 0 Å². The first-order chi connectivity index (χ1) is 8.94. The fourth-order valence-corrected chi connectivity index (χ4v) is 2.42. The summed E-state index contributed by atoms with van der Waals surface area (Å²) in [6.07, 6.45) is 0.824. The van der Waals surface area contributed by atoms with Gasteiger partial charge in [0.05, 0.1) is 0 Å². The molecule has 0 radical (unpaired) electrons. The van der Waals surface area contributed by atoms with E-state index < -0.39 is 0 Å². The molecule has 5 nitrogen and oxygen atoms in total. The molecule has 1 unspecified atom stereocenters.